The Bertz CT molecular complexity index is 777. The smallest absolute Gasteiger partial charge is 0.205 e. The van der Waals surface area contributed by atoms with Crippen molar-refractivity contribution in [2.24, 2.45) is 4.99 Å². The first-order valence-corrected chi connectivity index (χ1v) is 11.2. The zero-order valence-electron chi connectivity index (χ0n) is 18.1. The Balaban J connectivity index is 1.53. The predicted molar refractivity (Wildman–Crippen MR) is 124 cm³/mol. The van der Waals surface area contributed by atoms with E-state index in [0.717, 1.165) is 69.0 Å². The summed E-state index contributed by atoms with van der Waals surface area (Å²) in [4.78, 5) is 16.3. The van der Waals surface area contributed by atoms with Crippen LogP contribution in [0.1, 0.15) is 25.2 Å². The van der Waals surface area contributed by atoms with Gasteiger partial charge in [0.05, 0.1) is 0 Å². The van der Waals surface area contributed by atoms with Crippen molar-refractivity contribution in [3.63, 3.8) is 0 Å². The molecule has 2 aromatic rings. The van der Waals surface area contributed by atoms with Gasteiger partial charge in [0.1, 0.15) is 5.82 Å². The summed E-state index contributed by atoms with van der Waals surface area (Å²) in [6, 6.07) is 8.73. The van der Waals surface area contributed by atoms with Crippen LogP contribution in [0.5, 0.6) is 0 Å². The average Bonchev–Trinajstić information content (AvgIpc) is 3.23. The van der Waals surface area contributed by atoms with Gasteiger partial charge in [-0.15, -0.1) is 0 Å². The number of aromatic nitrogens is 2. The zero-order valence-corrected chi connectivity index (χ0v) is 18.9. The average molecular weight is 416 g/mol. The standard InChI is InChI=1S/C21H33N7S/c1-5-19-24-21(29-25-19)28-15-13-27(14-16-28)20(22-6-2)23-12-11-17-7-9-18(10-8-17)26(3)4/h7-10H,5-6,11-16H2,1-4H3,(H,22,23). The first-order chi connectivity index (χ1) is 14.1. The van der Waals surface area contributed by atoms with Crippen LogP contribution in [0.3, 0.4) is 0 Å². The van der Waals surface area contributed by atoms with Crippen LogP contribution in [0.15, 0.2) is 29.3 Å². The Morgan fingerprint density at radius 2 is 1.86 bits per heavy atom. The van der Waals surface area contributed by atoms with E-state index in [-0.39, 0.29) is 0 Å². The Hall–Kier alpha value is -2.35. The van der Waals surface area contributed by atoms with E-state index < -0.39 is 0 Å². The zero-order chi connectivity index (χ0) is 20.6. The van der Waals surface area contributed by atoms with Crippen molar-refractivity contribution in [3.05, 3.63) is 35.7 Å². The molecule has 29 heavy (non-hydrogen) atoms. The lowest BCUT2D eigenvalue weighted by Gasteiger charge is -2.36. The number of benzene rings is 1. The van der Waals surface area contributed by atoms with E-state index in [4.69, 9.17) is 4.99 Å². The monoisotopic (exact) mass is 415 g/mol. The van der Waals surface area contributed by atoms with Gasteiger partial charge in [-0.05, 0) is 31.0 Å². The molecule has 0 amide bonds. The molecule has 0 saturated carbocycles. The Kier molecular flexibility index (Phi) is 7.69. The van der Waals surface area contributed by atoms with E-state index in [2.05, 4.69) is 81.6 Å². The van der Waals surface area contributed by atoms with Crippen LogP contribution in [-0.4, -0.2) is 73.6 Å². The second kappa shape index (κ2) is 10.4. The fourth-order valence-electron chi connectivity index (χ4n) is 3.30. The van der Waals surface area contributed by atoms with E-state index in [1.807, 2.05) is 0 Å². The predicted octanol–water partition coefficient (Wildman–Crippen LogP) is 2.50. The van der Waals surface area contributed by atoms with Gasteiger partial charge >= 0.3 is 0 Å². The van der Waals surface area contributed by atoms with Gasteiger partial charge in [0.25, 0.3) is 0 Å². The van der Waals surface area contributed by atoms with Gasteiger partial charge in [0.15, 0.2) is 5.96 Å². The number of hydrogen-bond acceptors (Lipinski definition) is 6. The Labute approximate surface area is 178 Å². The van der Waals surface area contributed by atoms with Crippen molar-refractivity contribution in [2.75, 3.05) is 63.2 Å². The van der Waals surface area contributed by atoms with Crippen LogP contribution in [-0.2, 0) is 12.8 Å². The number of aryl methyl sites for hydroxylation is 1. The number of piperazine rings is 1. The minimum atomic E-state index is 0.792. The molecular weight excluding hydrogens is 382 g/mol. The number of nitrogens with zero attached hydrogens (tertiary/aromatic N) is 6. The molecule has 1 fully saturated rings. The van der Waals surface area contributed by atoms with E-state index in [1.165, 1.54) is 22.8 Å². The highest BCUT2D eigenvalue weighted by atomic mass is 32.1. The molecule has 0 atom stereocenters. The van der Waals surface area contributed by atoms with Gasteiger partial charge in [0.2, 0.25) is 5.13 Å². The van der Waals surface area contributed by atoms with Crippen molar-refractivity contribution in [1.82, 2.24) is 19.6 Å². The number of anilines is 2. The molecule has 3 rings (SSSR count). The molecule has 7 nitrogen and oxygen atoms in total. The van der Waals surface area contributed by atoms with Crippen LogP contribution in [0.2, 0.25) is 0 Å². The van der Waals surface area contributed by atoms with Crippen molar-refractivity contribution >= 4 is 28.3 Å². The molecule has 1 aromatic heterocycles. The highest BCUT2D eigenvalue weighted by Crippen LogP contribution is 2.19. The van der Waals surface area contributed by atoms with Gasteiger partial charge < -0.3 is 20.0 Å². The molecule has 2 heterocycles. The van der Waals surface area contributed by atoms with Crippen molar-refractivity contribution in [2.45, 2.75) is 26.7 Å². The number of aliphatic imine (C=N–C) groups is 1. The van der Waals surface area contributed by atoms with Crippen LogP contribution >= 0.6 is 11.5 Å². The summed E-state index contributed by atoms with van der Waals surface area (Å²) in [5.41, 5.74) is 2.55. The summed E-state index contributed by atoms with van der Waals surface area (Å²) in [5.74, 6) is 1.96. The SMILES string of the molecule is CCNC(=NCCc1ccc(N(C)C)cc1)N1CCN(c2nc(CC)ns2)CC1. The van der Waals surface area contributed by atoms with Crippen LogP contribution in [0.4, 0.5) is 10.8 Å². The third-order valence-corrected chi connectivity index (χ3v) is 5.89. The molecule has 1 aliphatic rings. The maximum absolute atomic E-state index is 4.88. The van der Waals surface area contributed by atoms with Gasteiger partial charge in [0, 0.05) is 77.0 Å². The van der Waals surface area contributed by atoms with E-state index >= 15 is 0 Å². The summed E-state index contributed by atoms with van der Waals surface area (Å²) in [7, 11) is 4.13. The highest BCUT2D eigenvalue weighted by Gasteiger charge is 2.21. The fraction of sp³-hybridized carbons (Fsp3) is 0.571. The van der Waals surface area contributed by atoms with E-state index in [0.29, 0.717) is 0 Å². The molecule has 158 valence electrons. The normalized spacial score (nSPS) is 15.0. The molecule has 1 N–H and O–H groups in total. The number of hydrogen-bond donors (Lipinski definition) is 1. The van der Waals surface area contributed by atoms with Gasteiger partial charge in [-0.1, -0.05) is 19.1 Å². The Morgan fingerprint density at radius 3 is 2.45 bits per heavy atom. The van der Waals surface area contributed by atoms with Gasteiger partial charge in [-0.2, -0.15) is 4.37 Å². The molecule has 1 aromatic carbocycles. The van der Waals surface area contributed by atoms with Gasteiger partial charge in [-0.25, -0.2) is 4.98 Å². The lowest BCUT2D eigenvalue weighted by Crippen LogP contribution is -2.52. The Morgan fingerprint density at radius 1 is 1.14 bits per heavy atom. The largest absolute Gasteiger partial charge is 0.378 e. The van der Waals surface area contributed by atoms with Gasteiger partial charge in [-0.3, -0.25) is 4.99 Å². The minimum absolute atomic E-state index is 0.792. The maximum atomic E-state index is 4.88. The second-order valence-electron chi connectivity index (χ2n) is 7.37. The molecule has 0 aliphatic carbocycles. The van der Waals surface area contributed by atoms with Crippen molar-refractivity contribution in [3.8, 4) is 0 Å². The molecule has 8 heteroatoms. The molecule has 0 unspecified atom stereocenters. The van der Waals surface area contributed by atoms with E-state index in [9.17, 15) is 0 Å². The summed E-state index contributed by atoms with van der Waals surface area (Å²) in [6.45, 7) is 9.70. The molecule has 1 aliphatic heterocycles. The number of guanidine groups is 1. The lowest BCUT2D eigenvalue weighted by atomic mass is 10.1. The summed E-state index contributed by atoms with van der Waals surface area (Å²) in [5, 5.41) is 4.50. The molecule has 1 saturated heterocycles. The van der Waals surface area contributed by atoms with E-state index in [1.54, 1.807) is 0 Å². The highest BCUT2D eigenvalue weighted by molar-refractivity contribution is 7.09. The number of nitrogens with one attached hydrogen (secondary N) is 1. The van der Waals surface area contributed by atoms with Crippen LogP contribution in [0, 0.1) is 0 Å². The molecule has 0 bridgehead atoms. The summed E-state index contributed by atoms with van der Waals surface area (Å²) in [6.07, 6.45) is 1.85. The molecule has 0 radical (unpaired) electrons. The third-order valence-electron chi connectivity index (χ3n) is 5.07. The van der Waals surface area contributed by atoms with Crippen LogP contribution < -0.4 is 15.1 Å². The second-order valence-corrected chi connectivity index (χ2v) is 8.10. The topological polar surface area (TPSA) is 59.9 Å². The third kappa shape index (κ3) is 5.82. The summed E-state index contributed by atoms with van der Waals surface area (Å²) >= 11 is 1.51. The minimum Gasteiger partial charge on any atom is -0.378 e. The lowest BCUT2D eigenvalue weighted by molar-refractivity contribution is 0.372. The van der Waals surface area contributed by atoms with Crippen molar-refractivity contribution < 1.29 is 0 Å². The number of rotatable bonds is 7. The first-order valence-electron chi connectivity index (χ1n) is 10.5. The molecular formula is C21H33N7S. The maximum Gasteiger partial charge on any atom is 0.205 e. The fourth-order valence-corrected chi connectivity index (χ4v) is 4.11. The van der Waals surface area contributed by atoms with Crippen LogP contribution in [0.25, 0.3) is 0 Å². The summed E-state index contributed by atoms with van der Waals surface area (Å²) < 4.78 is 4.41. The quantitative estimate of drug-likeness (QED) is 0.554. The first kappa shape index (κ1) is 21.4. The molecule has 0 spiro atoms. The van der Waals surface area contributed by atoms with Crippen molar-refractivity contribution in [1.29, 1.82) is 0 Å².